The lowest BCUT2D eigenvalue weighted by atomic mass is 10.0. The molecule has 9 nitrogen and oxygen atoms in total. The van der Waals surface area contributed by atoms with Crippen molar-refractivity contribution in [3.63, 3.8) is 0 Å². The van der Waals surface area contributed by atoms with Gasteiger partial charge in [-0.2, -0.15) is 0 Å². The van der Waals surface area contributed by atoms with Crippen LogP contribution in [0, 0.1) is 5.92 Å². The number of ether oxygens (including phenoxy) is 2. The van der Waals surface area contributed by atoms with Gasteiger partial charge in [0.05, 0.1) is 12.4 Å². The first-order valence-electron chi connectivity index (χ1n) is 15.5. The quantitative estimate of drug-likeness (QED) is 0.161. The number of aldehydes is 2. The molecule has 1 saturated heterocycles. The number of likely N-dealkylation sites (tertiary alicyclic amines) is 1. The van der Waals surface area contributed by atoms with Crippen molar-refractivity contribution >= 4 is 35.6 Å². The van der Waals surface area contributed by atoms with Gasteiger partial charge in [0.1, 0.15) is 6.29 Å². The lowest BCUT2D eigenvalue weighted by Crippen LogP contribution is -2.20. The van der Waals surface area contributed by atoms with E-state index in [0.29, 0.717) is 24.2 Å². The summed E-state index contributed by atoms with van der Waals surface area (Å²) in [7, 11) is 7.07. The van der Waals surface area contributed by atoms with Crippen molar-refractivity contribution in [2.75, 3.05) is 60.1 Å². The Morgan fingerprint density at radius 1 is 1.07 bits per heavy atom. The molecule has 0 bridgehead atoms. The van der Waals surface area contributed by atoms with E-state index in [1.165, 1.54) is 26.4 Å². The Kier molecular flexibility index (Phi) is 35.2. The first-order valence-corrected chi connectivity index (χ1v) is 15.5. The van der Waals surface area contributed by atoms with Gasteiger partial charge in [0, 0.05) is 56.0 Å². The van der Waals surface area contributed by atoms with E-state index in [9.17, 15) is 18.8 Å². The highest BCUT2D eigenvalue weighted by Gasteiger charge is 2.14. The molecule has 3 rings (SSSR count). The molecule has 1 amide bonds. The van der Waals surface area contributed by atoms with Crippen molar-refractivity contribution in [1.82, 2.24) is 9.88 Å². The summed E-state index contributed by atoms with van der Waals surface area (Å²) in [6.07, 6.45) is 10.6. The molecule has 2 heterocycles. The zero-order valence-electron chi connectivity index (χ0n) is 28.1. The number of carbonyl (C=O) groups excluding carboxylic acids is 3. The summed E-state index contributed by atoms with van der Waals surface area (Å²) in [5.74, 6) is 0.203. The molecule has 250 valence electrons. The third-order valence-electron chi connectivity index (χ3n) is 6.50. The van der Waals surface area contributed by atoms with Crippen molar-refractivity contribution in [3.05, 3.63) is 30.0 Å². The second kappa shape index (κ2) is 33.8. The fraction of sp³-hybridized carbons (Fsp3) is 0.667. The number of anilines is 1. The van der Waals surface area contributed by atoms with Crippen LogP contribution < -0.4 is 11.1 Å². The van der Waals surface area contributed by atoms with E-state index in [4.69, 9.17) is 9.47 Å². The van der Waals surface area contributed by atoms with Gasteiger partial charge < -0.3 is 35.2 Å². The average molecular weight is 613 g/mol. The molecule has 43 heavy (non-hydrogen) atoms. The third-order valence-corrected chi connectivity index (χ3v) is 6.50. The molecular weight excluding hydrogens is 551 g/mol. The normalized spacial score (nSPS) is 14.0. The van der Waals surface area contributed by atoms with Gasteiger partial charge in [-0.05, 0) is 90.4 Å². The smallest absolute Gasteiger partial charge is 0.211 e. The molecular formula is C33H61FN4O5. The summed E-state index contributed by atoms with van der Waals surface area (Å²) in [5, 5.41) is 3.45. The number of halogens is 1. The summed E-state index contributed by atoms with van der Waals surface area (Å²) in [6.45, 7) is 11.0. The van der Waals surface area contributed by atoms with Crippen LogP contribution in [0.4, 0.5) is 10.1 Å². The predicted molar refractivity (Wildman–Crippen MR) is 179 cm³/mol. The number of fused-ring (bicyclic) bond motifs is 1. The van der Waals surface area contributed by atoms with E-state index < -0.39 is 0 Å². The molecule has 4 N–H and O–H groups in total. The highest BCUT2D eigenvalue weighted by Crippen LogP contribution is 2.19. The van der Waals surface area contributed by atoms with Crippen LogP contribution in [0.1, 0.15) is 89.5 Å². The number of nitrogens with zero attached hydrogens (tertiary/aromatic N) is 1. The van der Waals surface area contributed by atoms with Crippen LogP contribution in [-0.4, -0.2) is 89.7 Å². The average Bonchev–Trinajstić information content (AvgIpc) is 3.64. The predicted octanol–water partition coefficient (Wildman–Crippen LogP) is 6.66. The van der Waals surface area contributed by atoms with E-state index in [-0.39, 0.29) is 12.6 Å². The number of unbranched alkanes of at least 4 members (excludes halogenated alkanes) is 2. The van der Waals surface area contributed by atoms with Gasteiger partial charge in [-0.15, -0.1) is 0 Å². The van der Waals surface area contributed by atoms with Gasteiger partial charge >= 0.3 is 0 Å². The fourth-order valence-electron chi connectivity index (χ4n) is 3.85. The van der Waals surface area contributed by atoms with Gasteiger partial charge in [-0.3, -0.25) is 14.0 Å². The Bertz CT molecular complexity index is 885. The number of aromatic nitrogens is 1. The van der Waals surface area contributed by atoms with Crippen LogP contribution in [0.15, 0.2) is 24.3 Å². The van der Waals surface area contributed by atoms with E-state index in [1.54, 1.807) is 32.4 Å². The van der Waals surface area contributed by atoms with Crippen molar-refractivity contribution in [3.8, 4) is 0 Å². The standard InChI is InChI=1S/C10H8N2O2.C9H17FO.C6H13N.C5H12O2.C2H6.CH5N/c13-5-9-4-7-3-8(11-6-14)1-2-10(7)12-9;1-2-9(8-11)6-4-3-5-7-10;1-6-4-3-5-7(6)2;1-6-4-3-5-7-2;2*1-2/h1-6,12H,(H,11,14);8-9H,2-7H2,1H3;6H,3-5H2,1-2H3;3-5H2,1-2H3;1-2H3;2H2,1H3. The summed E-state index contributed by atoms with van der Waals surface area (Å²) >= 11 is 0. The summed E-state index contributed by atoms with van der Waals surface area (Å²) in [5.41, 5.74) is 6.62. The summed E-state index contributed by atoms with van der Waals surface area (Å²) in [6, 6.07) is 7.96. The number of alkyl halides is 1. The van der Waals surface area contributed by atoms with Crippen LogP contribution >= 0.6 is 0 Å². The zero-order valence-corrected chi connectivity index (χ0v) is 28.1. The monoisotopic (exact) mass is 612 g/mol. The minimum atomic E-state index is -0.224. The topological polar surface area (TPSA) is 127 Å². The number of carbonyl (C=O) groups is 3. The SMILES string of the molecule is CC.CC1CCCN1C.CCC(C=O)CCCCCF.CN.COCCCOC.O=CNc1ccc2[nH]c(C=O)cc2c1. The van der Waals surface area contributed by atoms with Gasteiger partial charge in [0.25, 0.3) is 0 Å². The number of amides is 1. The molecule has 1 aromatic carbocycles. The second-order valence-corrected chi connectivity index (χ2v) is 9.56. The van der Waals surface area contributed by atoms with Gasteiger partial charge in [-0.1, -0.05) is 33.6 Å². The van der Waals surface area contributed by atoms with Crippen LogP contribution in [0.5, 0.6) is 0 Å². The Morgan fingerprint density at radius 2 is 1.72 bits per heavy atom. The first-order chi connectivity index (χ1) is 20.9. The lowest BCUT2D eigenvalue weighted by Gasteiger charge is -2.12. The number of hydrogen-bond acceptors (Lipinski definition) is 7. The molecule has 1 aliphatic rings. The van der Waals surface area contributed by atoms with Crippen LogP contribution in [0.2, 0.25) is 0 Å². The fourth-order valence-corrected chi connectivity index (χ4v) is 3.85. The van der Waals surface area contributed by atoms with E-state index in [0.717, 1.165) is 74.8 Å². The maximum Gasteiger partial charge on any atom is 0.211 e. The molecule has 0 radical (unpaired) electrons. The number of nitrogens with one attached hydrogen (secondary N) is 2. The maximum absolute atomic E-state index is 11.6. The van der Waals surface area contributed by atoms with Crippen molar-refractivity contribution in [2.45, 2.75) is 85.1 Å². The minimum absolute atomic E-state index is 0.203. The molecule has 0 aliphatic carbocycles. The van der Waals surface area contributed by atoms with E-state index in [2.05, 4.69) is 34.9 Å². The summed E-state index contributed by atoms with van der Waals surface area (Å²) < 4.78 is 21.1. The maximum atomic E-state index is 11.6. The third kappa shape index (κ3) is 24.5. The number of rotatable bonds is 14. The molecule has 0 spiro atoms. The van der Waals surface area contributed by atoms with Gasteiger partial charge in [-0.25, -0.2) is 0 Å². The number of nitrogens with two attached hydrogens (primary N) is 1. The number of benzene rings is 1. The zero-order chi connectivity index (χ0) is 33.3. The number of H-pyrrole nitrogens is 1. The molecule has 10 heteroatoms. The highest BCUT2D eigenvalue weighted by atomic mass is 19.1. The molecule has 1 aromatic heterocycles. The van der Waals surface area contributed by atoms with Crippen molar-refractivity contribution in [2.24, 2.45) is 11.7 Å². The first kappa shape index (κ1) is 44.8. The van der Waals surface area contributed by atoms with Crippen LogP contribution in [-0.2, 0) is 19.1 Å². The van der Waals surface area contributed by atoms with Gasteiger partial charge in [0.15, 0.2) is 6.29 Å². The lowest BCUT2D eigenvalue weighted by molar-refractivity contribution is -0.111. The molecule has 2 unspecified atom stereocenters. The largest absolute Gasteiger partial charge is 0.385 e. The minimum Gasteiger partial charge on any atom is -0.385 e. The molecule has 2 aromatic rings. The van der Waals surface area contributed by atoms with Crippen LogP contribution in [0.25, 0.3) is 10.9 Å². The molecule has 2 atom stereocenters. The number of hydrogen-bond donors (Lipinski definition) is 3. The van der Waals surface area contributed by atoms with Crippen molar-refractivity contribution in [1.29, 1.82) is 0 Å². The Labute approximate surface area is 260 Å². The second-order valence-electron chi connectivity index (χ2n) is 9.56. The number of aromatic amines is 1. The Balaban J connectivity index is -0.000000496. The molecule has 0 saturated carbocycles. The Hall–Kier alpha value is -2.66. The molecule has 1 aliphatic heterocycles. The van der Waals surface area contributed by atoms with E-state index >= 15 is 0 Å². The number of methoxy groups -OCH3 is 2. The highest BCUT2D eigenvalue weighted by molar-refractivity contribution is 5.91. The van der Waals surface area contributed by atoms with E-state index in [1.807, 2.05) is 26.8 Å². The summed E-state index contributed by atoms with van der Waals surface area (Å²) in [4.78, 5) is 36.3. The van der Waals surface area contributed by atoms with Crippen LogP contribution in [0.3, 0.4) is 0 Å². The molecule has 1 fully saturated rings. The van der Waals surface area contributed by atoms with Gasteiger partial charge in [0.2, 0.25) is 6.41 Å². The Morgan fingerprint density at radius 3 is 2.14 bits per heavy atom. The van der Waals surface area contributed by atoms with Crippen molar-refractivity contribution < 1.29 is 28.2 Å².